The lowest BCUT2D eigenvalue weighted by molar-refractivity contribution is 0.597. The monoisotopic (exact) mass is 249 g/mol. The fourth-order valence-corrected chi connectivity index (χ4v) is 2.55. The number of rotatable bonds is 12. The molecule has 0 aromatic carbocycles. The third-order valence-corrected chi connectivity index (χ3v) is 3.98. The molecule has 0 fully saturated rings. The standard InChI is InChI=1S/C12H27NS2/c1-3-15-12-8-10-13-9-6-4-5-7-11-14-2/h13H,3-12H2,1-2H3. The Morgan fingerprint density at radius 1 is 0.867 bits per heavy atom. The lowest BCUT2D eigenvalue weighted by atomic mass is 10.2. The van der Waals surface area contributed by atoms with Gasteiger partial charge in [0.1, 0.15) is 0 Å². The molecule has 0 atom stereocenters. The largest absolute Gasteiger partial charge is 0.317 e. The minimum atomic E-state index is 1.21. The Kier molecular flexibility index (Phi) is 15.3. The Balaban J connectivity index is 2.81. The second-order valence-corrected chi connectivity index (χ2v) is 6.09. The van der Waals surface area contributed by atoms with Crippen molar-refractivity contribution < 1.29 is 0 Å². The van der Waals surface area contributed by atoms with Crippen LogP contribution in [0.4, 0.5) is 0 Å². The van der Waals surface area contributed by atoms with Gasteiger partial charge in [-0.3, -0.25) is 0 Å². The van der Waals surface area contributed by atoms with Crippen LogP contribution < -0.4 is 5.32 Å². The van der Waals surface area contributed by atoms with Gasteiger partial charge in [-0.2, -0.15) is 23.5 Å². The van der Waals surface area contributed by atoms with E-state index in [-0.39, 0.29) is 0 Å². The molecule has 0 amide bonds. The van der Waals surface area contributed by atoms with Crippen molar-refractivity contribution in [3.05, 3.63) is 0 Å². The lowest BCUT2D eigenvalue weighted by Gasteiger charge is -2.04. The molecule has 1 N–H and O–H groups in total. The summed E-state index contributed by atoms with van der Waals surface area (Å²) in [6, 6.07) is 0. The van der Waals surface area contributed by atoms with Crippen molar-refractivity contribution in [2.45, 2.75) is 39.0 Å². The molecule has 15 heavy (non-hydrogen) atoms. The van der Waals surface area contributed by atoms with Crippen molar-refractivity contribution in [3.63, 3.8) is 0 Å². The van der Waals surface area contributed by atoms with E-state index in [1.807, 2.05) is 23.5 Å². The summed E-state index contributed by atoms with van der Waals surface area (Å²) in [6.07, 6.45) is 9.08. The minimum Gasteiger partial charge on any atom is -0.317 e. The van der Waals surface area contributed by atoms with Crippen molar-refractivity contribution in [2.24, 2.45) is 0 Å². The molecule has 0 saturated carbocycles. The molecule has 0 rings (SSSR count). The summed E-state index contributed by atoms with van der Waals surface area (Å²) in [7, 11) is 0. The minimum absolute atomic E-state index is 1.21. The fraction of sp³-hybridized carbons (Fsp3) is 1.00. The van der Waals surface area contributed by atoms with Crippen LogP contribution in [0.5, 0.6) is 0 Å². The average Bonchev–Trinajstić information content (AvgIpc) is 2.26. The highest BCUT2D eigenvalue weighted by atomic mass is 32.2. The van der Waals surface area contributed by atoms with E-state index in [1.54, 1.807) is 0 Å². The molecule has 0 radical (unpaired) electrons. The fourth-order valence-electron chi connectivity index (χ4n) is 1.42. The van der Waals surface area contributed by atoms with Crippen LogP contribution in [0.3, 0.4) is 0 Å². The second-order valence-electron chi connectivity index (χ2n) is 3.71. The highest BCUT2D eigenvalue weighted by Crippen LogP contribution is 2.04. The molecule has 0 spiro atoms. The van der Waals surface area contributed by atoms with E-state index in [1.165, 1.54) is 62.5 Å². The maximum Gasteiger partial charge on any atom is -0.00411 e. The molecule has 3 heteroatoms. The first-order chi connectivity index (χ1) is 7.41. The van der Waals surface area contributed by atoms with Crippen LogP contribution in [-0.4, -0.2) is 36.6 Å². The van der Waals surface area contributed by atoms with Gasteiger partial charge in [-0.05, 0) is 55.9 Å². The van der Waals surface area contributed by atoms with E-state index < -0.39 is 0 Å². The molecule has 0 aliphatic carbocycles. The molecule has 0 aliphatic rings. The van der Waals surface area contributed by atoms with Crippen LogP contribution in [0.15, 0.2) is 0 Å². The Bertz CT molecular complexity index is 97.8. The van der Waals surface area contributed by atoms with Gasteiger partial charge < -0.3 is 5.32 Å². The van der Waals surface area contributed by atoms with Gasteiger partial charge in [-0.25, -0.2) is 0 Å². The van der Waals surface area contributed by atoms with Crippen LogP contribution in [0.25, 0.3) is 0 Å². The van der Waals surface area contributed by atoms with E-state index in [0.717, 1.165) is 0 Å². The number of nitrogens with one attached hydrogen (secondary N) is 1. The lowest BCUT2D eigenvalue weighted by Crippen LogP contribution is -2.17. The molecule has 0 aromatic rings. The first-order valence-corrected chi connectivity index (χ1v) is 8.74. The topological polar surface area (TPSA) is 12.0 Å². The zero-order valence-electron chi connectivity index (χ0n) is 10.4. The zero-order valence-corrected chi connectivity index (χ0v) is 12.0. The number of hydrogen-bond acceptors (Lipinski definition) is 3. The predicted molar refractivity (Wildman–Crippen MR) is 77.3 cm³/mol. The van der Waals surface area contributed by atoms with Crippen molar-refractivity contribution in [1.29, 1.82) is 0 Å². The molecule has 0 saturated heterocycles. The Labute approximate surface area is 105 Å². The van der Waals surface area contributed by atoms with Gasteiger partial charge >= 0.3 is 0 Å². The van der Waals surface area contributed by atoms with Crippen molar-refractivity contribution in [2.75, 3.05) is 36.6 Å². The molecular weight excluding hydrogens is 222 g/mol. The molecule has 0 aromatic heterocycles. The summed E-state index contributed by atoms with van der Waals surface area (Å²) in [5, 5.41) is 3.52. The van der Waals surface area contributed by atoms with E-state index >= 15 is 0 Å². The predicted octanol–water partition coefficient (Wildman–Crippen LogP) is 3.64. The second kappa shape index (κ2) is 14.7. The van der Waals surface area contributed by atoms with Crippen LogP contribution >= 0.6 is 23.5 Å². The third kappa shape index (κ3) is 14.7. The van der Waals surface area contributed by atoms with Gasteiger partial charge in [0, 0.05) is 0 Å². The zero-order chi connectivity index (χ0) is 11.2. The Morgan fingerprint density at radius 2 is 1.60 bits per heavy atom. The van der Waals surface area contributed by atoms with E-state index in [2.05, 4.69) is 18.5 Å². The Morgan fingerprint density at radius 3 is 2.33 bits per heavy atom. The normalized spacial score (nSPS) is 10.8. The molecule has 0 aliphatic heterocycles. The first kappa shape index (κ1) is 15.7. The summed E-state index contributed by atoms with van der Waals surface area (Å²) in [5.74, 6) is 3.91. The van der Waals surface area contributed by atoms with Crippen LogP contribution in [0.1, 0.15) is 39.0 Å². The molecule has 0 unspecified atom stereocenters. The summed E-state index contributed by atoms with van der Waals surface area (Å²) in [4.78, 5) is 0. The van der Waals surface area contributed by atoms with E-state index in [9.17, 15) is 0 Å². The molecule has 1 nitrogen and oxygen atoms in total. The van der Waals surface area contributed by atoms with E-state index in [0.29, 0.717) is 0 Å². The summed E-state index contributed by atoms with van der Waals surface area (Å²) >= 11 is 4.01. The SMILES string of the molecule is CCSCCCNCCCCCCSC. The summed E-state index contributed by atoms with van der Waals surface area (Å²) < 4.78 is 0. The van der Waals surface area contributed by atoms with Crippen LogP contribution in [0.2, 0.25) is 0 Å². The van der Waals surface area contributed by atoms with Gasteiger partial charge in [0.15, 0.2) is 0 Å². The quantitative estimate of drug-likeness (QED) is 0.530. The van der Waals surface area contributed by atoms with Gasteiger partial charge in [0.2, 0.25) is 0 Å². The van der Waals surface area contributed by atoms with Crippen LogP contribution in [0, 0.1) is 0 Å². The number of hydrogen-bond donors (Lipinski definition) is 1. The first-order valence-electron chi connectivity index (χ1n) is 6.19. The number of thioether (sulfide) groups is 2. The average molecular weight is 249 g/mol. The van der Waals surface area contributed by atoms with Crippen LogP contribution in [-0.2, 0) is 0 Å². The molecule has 0 bridgehead atoms. The third-order valence-electron chi connectivity index (χ3n) is 2.30. The van der Waals surface area contributed by atoms with Gasteiger partial charge in [-0.15, -0.1) is 0 Å². The van der Waals surface area contributed by atoms with Crippen molar-refractivity contribution in [3.8, 4) is 0 Å². The number of unbranched alkanes of at least 4 members (excludes halogenated alkanes) is 3. The molecule has 92 valence electrons. The maximum absolute atomic E-state index is 3.52. The summed E-state index contributed by atoms with van der Waals surface area (Å²) in [5.41, 5.74) is 0. The van der Waals surface area contributed by atoms with Crippen molar-refractivity contribution >= 4 is 23.5 Å². The highest BCUT2D eigenvalue weighted by molar-refractivity contribution is 7.99. The molecular formula is C12H27NS2. The van der Waals surface area contributed by atoms with E-state index in [4.69, 9.17) is 0 Å². The van der Waals surface area contributed by atoms with Gasteiger partial charge in [0.25, 0.3) is 0 Å². The smallest absolute Gasteiger partial charge is 0.00411 e. The Hall–Kier alpha value is 0.660. The maximum atomic E-state index is 3.52. The summed E-state index contributed by atoms with van der Waals surface area (Å²) in [6.45, 7) is 4.65. The van der Waals surface area contributed by atoms with Gasteiger partial charge in [-0.1, -0.05) is 19.8 Å². The van der Waals surface area contributed by atoms with Gasteiger partial charge in [0.05, 0.1) is 0 Å². The highest BCUT2D eigenvalue weighted by Gasteiger charge is 1.91. The molecule has 0 heterocycles. The van der Waals surface area contributed by atoms with Crippen molar-refractivity contribution in [1.82, 2.24) is 5.32 Å².